The van der Waals surface area contributed by atoms with Crippen molar-refractivity contribution >= 4 is 5.78 Å². The van der Waals surface area contributed by atoms with Gasteiger partial charge in [0.2, 0.25) is 0 Å². The predicted octanol–water partition coefficient (Wildman–Crippen LogP) is 3.15. The SMILES string of the molecule is CC(C)C(=O)c1ccn(Cc2ccn(C(C)C)n2)c1. The third-order valence-corrected chi connectivity index (χ3v) is 3.10. The van der Waals surface area contributed by atoms with Crippen LogP contribution >= 0.6 is 0 Å². The quantitative estimate of drug-likeness (QED) is 0.774. The molecule has 4 heteroatoms. The van der Waals surface area contributed by atoms with Crippen molar-refractivity contribution in [2.24, 2.45) is 5.92 Å². The second-order valence-corrected chi connectivity index (χ2v) is 5.47. The van der Waals surface area contributed by atoms with Gasteiger partial charge in [0, 0.05) is 36.1 Å². The van der Waals surface area contributed by atoms with Crippen LogP contribution in [0.2, 0.25) is 0 Å². The van der Waals surface area contributed by atoms with Crippen molar-refractivity contribution in [2.75, 3.05) is 0 Å². The first kappa shape index (κ1) is 13.6. The highest BCUT2D eigenvalue weighted by Crippen LogP contribution is 2.11. The van der Waals surface area contributed by atoms with Crippen LogP contribution in [0.3, 0.4) is 0 Å². The van der Waals surface area contributed by atoms with Gasteiger partial charge in [-0.3, -0.25) is 9.48 Å². The number of carbonyl (C=O) groups excluding carboxylic acids is 1. The molecule has 102 valence electrons. The monoisotopic (exact) mass is 259 g/mol. The topological polar surface area (TPSA) is 39.8 Å². The lowest BCUT2D eigenvalue weighted by Crippen LogP contribution is -2.06. The fourth-order valence-electron chi connectivity index (χ4n) is 1.95. The highest BCUT2D eigenvalue weighted by Gasteiger charge is 2.12. The summed E-state index contributed by atoms with van der Waals surface area (Å²) in [6.07, 6.45) is 5.82. The standard InChI is InChI=1S/C15H21N3O/c1-11(2)15(19)13-5-7-17(9-13)10-14-6-8-18(16-14)12(3)4/h5-9,11-12H,10H2,1-4H3. The van der Waals surface area contributed by atoms with E-state index in [4.69, 9.17) is 0 Å². The molecule has 2 heterocycles. The van der Waals surface area contributed by atoms with Gasteiger partial charge >= 0.3 is 0 Å². The second kappa shape index (κ2) is 5.43. The molecule has 0 fully saturated rings. The number of hydrogen-bond acceptors (Lipinski definition) is 2. The van der Waals surface area contributed by atoms with Crippen molar-refractivity contribution in [3.05, 3.63) is 42.0 Å². The van der Waals surface area contributed by atoms with E-state index >= 15 is 0 Å². The first-order chi connectivity index (χ1) is 8.97. The number of carbonyl (C=O) groups is 1. The summed E-state index contributed by atoms with van der Waals surface area (Å²) < 4.78 is 3.95. The summed E-state index contributed by atoms with van der Waals surface area (Å²) in [7, 11) is 0. The molecule has 2 aromatic rings. The molecule has 0 aliphatic carbocycles. The van der Waals surface area contributed by atoms with Gasteiger partial charge in [0.15, 0.2) is 5.78 Å². The van der Waals surface area contributed by atoms with Gasteiger partial charge in [-0.1, -0.05) is 13.8 Å². The van der Waals surface area contributed by atoms with Gasteiger partial charge < -0.3 is 4.57 Å². The summed E-state index contributed by atoms with van der Waals surface area (Å²) in [5.74, 6) is 0.224. The first-order valence-corrected chi connectivity index (χ1v) is 6.71. The zero-order valence-corrected chi connectivity index (χ0v) is 12.0. The molecular weight excluding hydrogens is 238 g/mol. The minimum atomic E-state index is 0.0380. The highest BCUT2D eigenvalue weighted by molar-refractivity contribution is 5.97. The zero-order chi connectivity index (χ0) is 14.0. The van der Waals surface area contributed by atoms with Crippen LogP contribution in [-0.4, -0.2) is 20.1 Å². The normalized spacial score (nSPS) is 11.5. The fraction of sp³-hybridized carbons (Fsp3) is 0.467. The van der Waals surface area contributed by atoms with Crippen LogP contribution in [0.5, 0.6) is 0 Å². The Morgan fingerprint density at radius 2 is 1.95 bits per heavy atom. The lowest BCUT2D eigenvalue weighted by atomic mass is 10.0. The summed E-state index contributed by atoms with van der Waals surface area (Å²) in [4.78, 5) is 11.9. The van der Waals surface area contributed by atoms with E-state index in [2.05, 4.69) is 18.9 Å². The summed E-state index contributed by atoms with van der Waals surface area (Å²) >= 11 is 0. The van der Waals surface area contributed by atoms with E-state index in [-0.39, 0.29) is 11.7 Å². The molecule has 0 unspecified atom stereocenters. The van der Waals surface area contributed by atoms with Crippen molar-refractivity contribution in [1.29, 1.82) is 0 Å². The predicted molar refractivity (Wildman–Crippen MR) is 75.3 cm³/mol. The number of Topliss-reactive ketones (excluding diaryl/α,β-unsaturated/α-hetero) is 1. The molecule has 0 aliphatic heterocycles. The van der Waals surface area contributed by atoms with Gasteiger partial charge in [-0.05, 0) is 26.0 Å². The number of nitrogens with zero attached hydrogens (tertiary/aromatic N) is 3. The van der Waals surface area contributed by atoms with Crippen molar-refractivity contribution in [1.82, 2.24) is 14.3 Å². The van der Waals surface area contributed by atoms with Crippen LogP contribution in [-0.2, 0) is 6.54 Å². The fourth-order valence-corrected chi connectivity index (χ4v) is 1.95. The molecule has 19 heavy (non-hydrogen) atoms. The van der Waals surface area contributed by atoms with Gasteiger partial charge in [-0.2, -0.15) is 5.10 Å². The summed E-state index contributed by atoms with van der Waals surface area (Å²) in [5.41, 5.74) is 1.78. The molecular formula is C15H21N3O. The zero-order valence-electron chi connectivity index (χ0n) is 12.0. The van der Waals surface area contributed by atoms with Crippen LogP contribution in [0.4, 0.5) is 0 Å². The number of aromatic nitrogens is 3. The highest BCUT2D eigenvalue weighted by atomic mass is 16.1. The Balaban J connectivity index is 2.09. The average Bonchev–Trinajstić information content (AvgIpc) is 2.97. The molecule has 0 amide bonds. The lowest BCUT2D eigenvalue weighted by molar-refractivity contribution is 0.0939. The Morgan fingerprint density at radius 1 is 1.21 bits per heavy atom. The van der Waals surface area contributed by atoms with Crippen molar-refractivity contribution in [2.45, 2.75) is 40.3 Å². The third-order valence-electron chi connectivity index (χ3n) is 3.10. The van der Waals surface area contributed by atoms with Gasteiger partial charge in [-0.25, -0.2) is 0 Å². The van der Waals surface area contributed by atoms with Crippen LogP contribution in [0.25, 0.3) is 0 Å². The molecule has 2 rings (SSSR count). The van der Waals surface area contributed by atoms with E-state index in [1.165, 1.54) is 0 Å². The Labute approximate surface area is 114 Å². The molecule has 0 saturated heterocycles. The largest absolute Gasteiger partial charge is 0.348 e. The van der Waals surface area contributed by atoms with E-state index in [1.54, 1.807) is 0 Å². The van der Waals surface area contributed by atoms with Crippen molar-refractivity contribution < 1.29 is 4.79 Å². The lowest BCUT2D eigenvalue weighted by Gasteiger charge is -2.04. The molecule has 0 spiro atoms. The third kappa shape index (κ3) is 3.13. The van der Waals surface area contributed by atoms with E-state index in [0.717, 1.165) is 11.3 Å². The maximum atomic E-state index is 11.9. The molecule has 0 aliphatic rings. The minimum Gasteiger partial charge on any atom is -0.348 e. The maximum absolute atomic E-state index is 11.9. The summed E-state index contributed by atoms with van der Waals surface area (Å²) in [6.45, 7) is 8.75. The van der Waals surface area contributed by atoms with E-state index < -0.39 is 0 Å². The number of rotatable bonds is 5. The average molecular weight is 259 g/mol. The molecule has 0 saturated carbocycles. The van der Waals surface area contributed by atoms with Gasteiger partial charge in [0.1, 0.15) is 0 Å². The Kier molecular flexibility index (Phi) is 3.88. The van der Waals surface area contributed by atoms with Gasteiger partial charge in [-0.15, -0.1) is 0 Å². The van der Waals surface area contributed by atoms with Gasteiger partial charge in [0.25, 0.3) is 0 Å². The maximum Gasteiger partial charge on any atom is 0.166 e. The molecule has 0 bridgehead atoms. The molecule has 0 N–H and O–H groups in total. The smallest absolute Gasteiger partial charge is 0.166 e. The van der Waals surface area contributed by atoms with Crippen LogP contribution in [0.15, 0.2) is 30.7 Å². The Morgan fingerprint density at radius 3 is 2.53 bits per heavy atom. The molecule has 0 aromatic carbocycles. The molecule has 0 radical (unpaired) electrons. The summed E-state index contributed by atoms with van der Waals surface area (Å²) in [6, 6.07) is 4.27. The Bertz CT molecular complexity index is 563. The van der Waals surface area contributed by atoms with Crippen LogP contribution in [0.1, 0.15) is 49.8 Å². The minimum absolute atomic E-state index is 0.0380. The van der Waals surface area contributed by atoms with Gasteiger partial charge in [0.05, 0.1) is 12.2 Å². The molecule has 2 aromatic heterocycles. The van der Waals surface area contributed by atoms with Crippen LogP contribution < -0.4 is 0 Å². The van der Waals surface area contributed by atoms with E-state index in [9.17, 15) is 4.79 Å². The second-order valence-electron chi connectivity index (χ2n) is 5.47. The van der Waals surface area contributed by atoms with E-state index in [0.29, 0.717) is 12.6 Å². The number of hydrogen-bond donors (Lipinski definition) is 0. The molecule has 0 atom stereocenters. The van der Waals surface area contributed by atoms with Crippen molar-refractivity contribution in [3.8, 4) is 0 Å². The van der Waals surface area contributed by atoms with E-state index in [1.807, 2.05) is 53.8 Å². The Hall–Kier alpha value is -1.84. The first-order valence-electron chi connectivity index (χ1n) is 6.71. The number of ketones is 1. The molecule has 4 nitrogen and oxygen atoms in total. The summed E-state index contributed by atoms with van der Waals surface area (Å²) in [5, 5.41) is 4.51. The van der Waals surface area contributed by atoms with Crippen molar-refractivity contribution in [3.63, 3.8) is 0 Å². The van der Waals surface area contributed by atoms with Crippen LogP contribution in [0, 0.1) is 5.92 Å².